The van der Waals surface area contributed by atoms with E-state index >= 15 is 0 Å². The molecule has 0 aliphatic rings. The molecule has 0 aliphatic carbocycles. The molecule has 0 bridgehead atoms. The number of hydrogen-bond donors (Lipinski definition) is 2. The van der Waals surface area contributed by atoms with Crippen molar-refractivity contribution < 1.29 is 13.2 Å². The van der Waals surface area contributed by atoms with Crippen LogP contribution in [0.4, 0.5) is 24.8 Å². The third kappa shape index (κ3) is 5.22. The first-order chi connectivity index (χ1) is 9.36. The van der Waals surface area contributed by atoms with Gasteiger partial charge in [-0.05, 0) is 20.3 Å². The van der Waals surface area contributed by atoms with Gasteiger partial charge in [-0.25, -0.2) is 9.97 Å². The summed E-state index contributed by atoms with van der Waals surface area (Å²) >= 11 is 0. The number of rotatable bonds is 7. The molecule has 0 spiro atoms. The Morgan fingerprint density at radius 2 is 1.85 bits per heavy atom. The zero-order valence-electron chi connectivity index (χ0n) is 12.0. The summed E-state index contributed by atoms with van der Waals surface area (Å²) < 4.78 is 38.2. The van der Waals surface area contributed by atoms with E-state index in [-0.39, 0.29) is 17.7 Å². The maximum absolute atomic E-state index is 12.7. The minimum atomic E-state index is -4.55. The monoisotopic (exact) mass is 290 g/mol. The van der Waals surface area contributed by atoms with E-state index in [1.54, 1.807) is 6.92 Å². The normalized spacial score (nSPS) is 13.1. The standard InChI is InChI=1S/C13H21F3N4/c1-4-6-7-9(3)18-11-8-10(17-5-2)19-12(20-11)13(14,15)16/h8-9H,4-7H2,1-3H3,(H2,17,18,19,20). The molecule has 1 aromatic rings. The molecule has 0 amide bonds. The highest BCUT2D eigenvalue weighted by Gasteiger charge is 2.35. The van der Waals surface area contributed by atoms with Crippen molar-refractivity contribution in [2.24, 2.45) is 0 Å². The first kappa shape index (κ1) is 16.5. The van der Waals surface area contributed by atoms with E-state index in [1.807, 2.05) is 6.92 Å². The van der Waals surface area contributed by atoms with Crippen LogP contribution in [0, 0.1) is 0 Å². The van der Waals surface area contributed by atoms with Crippen molar-refractivity contribution in [3.05, 3.63) is 11.9 Å². The molecule has 114 valence electrons. The number of aromatic nitrogens is 2. The Balaban J connectivity index is 2.91. The van der Waals surface area contributed by atoms with Crippen molar-refractivity contribution in [1.82, 2.24) is 9.97 Å². The Morgan fingerprint density at radius 3 is 2.40 bits per heavy atom. The van der Waals surface area contributed by atoms with Gasteiger partial charge in [-0.3, -0.25) is 0 Å². The minimum absolute atomic E-state index is 0.0698. The first-order valence-electron chi connectivity index (χ1n) is 6.83. The Labute approximate surface area is 117 Å². The molecule has 20 heavy (non-hydrogen) atoms. The summed E-state index contributed by atoms with van der Waals surface area (Å²) in [6, 6.07) is 1.57. The third-order valence-corrected chi connectivity index (χ3v) is 2.72. The predicted molar refractivity (Wildman–Crippen MR) is 73.8 cm³/mol. The van der Waals surface area contributed by atoms with Crippen molar-refractivity contribution in [3.8, 4) is 0 Å². The molecule has 1 atom stereocenters. The minimum Gasteiger partial charge on any atom is -0.370 e. The lowest BCUT2D eigenvalue weighted by Gasteiger charge is -2.16. The van der Waals surface area contributed by atoms with Gasteiger partial charge in [0.1, 0.15) is 11.6 Å². The summed E-state index contributed by atoms with van der Waals surface area (Å²) in [5.41, 5.74) is 0. The highest BCUT2D eigenvalue weighted by atomic mass is 19.4. The molecular formula is C13H21F3N4. The number of halogens is 3. The van der Waals surface area contributed by atoms with Crippen LogP contribution >= 0.6 is 0 Å². The highest BCUT2D eigenvalue weighted by Crippen LogP contribution is 2.28. The third-order valence-electron chi connectivity index (χ3n) is 2.72. The number of alkyl halides is 3. The van der Waals surface area contributed by atoms with Crippen LogP contribution in [0.25, 0.3) is 0 Å². The van der Waals surface area contributed by atoms with Crippen LogP contribution < -0.4 is 10.6 Å². The Morgan fingerprint density at radius 1 is 1.20 bits per heavy atom. The molecule has 0 radical (unpaired) electrons. The Hall–Kier alpha value is -1.53. The fourth-order valence-corrected chi connectivity index (χ4v) is 1.75. The molecule has 1 heterocycles. The van der Waals surface area contributed by atoms with E-state index in [4.69, 9.17) is 0 Å². The van der Waals surface area contributed by atoms with Gasteiger partial charge in [0.05, 0.1) is 0 Å². The van der Waals surface area contributed by atoms with Crippen molar-refractivity contribution in [1.29, 1.82) is 0 Å². The van der Waals surface area contributed by atoms with Gasteiger partial charge in [0, 0.05) is 18.7 Å². The maximum Gasteiger partial charge on any atom is 0.451 e. The van der Waals surface area contributed by atoms with E-state index in [1.165, 1.54) is 6.07 Å². The Bertz CT molecular complexity index is 421. The van der Waals surface area contributed by atoms with Crippen LogP contribution in [0.5, 0.6) is 0 Å². The largest absolute Gasteiger partial charge is 0.451 e. The summed E-state index contributed by atoms with van der Waals surface area (Å²) in [4.78, 5) is 7.02. The second kappa shape index (κ2) is 7.31. The van der Waals surface area contributed by atoms with Crippen LogP contribution in [0.3, 0.4) is 0 Å². The molecule has 0 aliphatic heterocycles. The molecule has 4 nitrogen and oxygen atoms in total. The molecule has 1 aromatic heterocycles. The van der Waals surface area contributed by atoms with Gasteiger partial charge in [0.2, 0.25) is 5.82 Å². The molecule has 0 saturated carbocycles. The van der Waals surface area contributed by atoms with Gasteiger partial charge in [0.25, 0.3) is 0 Å². The number of nitrogens with one attached hydrogen (secondary N) is 2. The highest BCUT2D eigenvalue weighted by molar-refractivity contribution is 5.48. The lowest BCUT2D eigenvalue weighted by molar-refractivity contribution is -0.144. The van der Waals surface area contributed by atoms with Crippen LogP contribution in [-0.2, 0) is 6.18 Å². The Kier molecular flexibility index (Phi) is 6.04. The summed E-state index contributed by atoms with van der Waals surface area (Å²) in [6.07, 6.45) is -1.59. The first-order valence-corrected chi connectivity index (χ1v) is 6.83. The zero-order valence-corrected chi connectivity index (χ0v) is 12.0. The molecule has 0 fully saturated rings. The van der Waals surface area contributed by atoms with Gasteiger partial charge in [-0.2, -0.15) is 13.2 Å². The average molecular weight is 290 g/mol. The molecule has 2 N–H and O–H groups in total. The SMILES string of the molecule is CCCCC(C)Nc1cc(NCC)nc(C(F)(F)F)n1. The summed E-state index contributed by atoms with van der Waals surface area (Å²) in [5.74, 6) is -0.743. The molecule has 7 heteroatoms. The van der Waals surface area contributed by atoms with Gasteiger partial charge < -0.3 is 10.6 Å². The smallest absolute Gasteiger partial charge is 0.370 e. The van der Waals surface area contributed by atoms with E-state index in [0.29, 0.717) is 6.54 Å². The van der Waals surface area contributed by atoms with E-state index in [2.05, 4.69) is 27.5 Å². The lowest BCUT2D eigenvalue weighted by atomic mass is 10.1. The number of nitrogens with zero attached hydrogens (tertiary/aromatic N) is 2. The quantitative estimate of drug-likeness (QED) is 0.799. The van der Waals surface area contributed by atoms with Crippen molar-refractivity contribution in [3.63, 3.8) is 0 Å². The molecular weight excluding hydrogens is 269 g/mol. The second-order valence-electron chi connectivity index (χ2n) is 4.68. The number of hydrogen-bond acceptors (Lipinski definition) is 4. The zero-order chi connectivity index (χ0) is 15.2. The number of anilines is 2. The maximum atomic E-state index is 12.7. The lowest BCUT2D eigenvalue weighted by Crippen LogP contribution is -2.19. The molecule has 0 saturated heterocycles. The van der Waals surface area contributed by atoms with Gasteiger partial charge in [-0.15, -0.1) is 0 Å². The molecule has 0 aromatic carbocycles. The molecule has 1 unspecified atom stereocenters. The molecule has 1 rings (SSSR count). The van der Waals surface area contributed by atoms with E-state index < -0.39 is 12.0 Å². The van der Waals surface area contributed by atoms with Crippen molar-refractivity contribution in [2.45, 2.75) is 52.3 Å². The fraction of sp³-hybridized carbons (Fsp3) is 0.692. The number of unbranched alkanes of at least 4 members (excludes halogenated alkanes) is 1. The summed E-state index contributed by atoms with van der Waals surface area (Å²) in [6.45, 7) is 6.30. The second-order valence-corrected chi connectivity index (χ2v) is 4.68. The summed E-state index contributed by atoms with van der Waals surface area (Å²) in [5, 5.41) is 5.78. The fourth-order valence-electron chi connectivity index (χ4n) is 1.75. The van der Waals surface area contributed by atoms with Gasteiger partial charge >= 0.3 is 6.18 Å². The van der Waals surface area contributed by atoms with Crippen molar-refractivity contribution >= 4 is 11.6 Å². The van der Waals surface area contributed by atoms with Crippen LogP contribution in [0.2, 0.25) is 0 Å². The van der Waals surface area contributed by atoms with Gasteiger partial charge in [0.15, 0.2) is 0 Å². The average Bonchev–Trinajstić information content (AvgIpc) is 2.35. The topological polar surface area (TPSA) is 49.8 Å². The van der Waals surface area contributed by atoms with E-state index in [9.17, 15) is 13.2 Å². The van der Waals surface area contributed by atoms with Gasteiger partial charge in [-0.1, -0.05) is 19.8 Å². The van der Waals surface area contributed by atoms with E-state index in [0.717, 1.165) is 19.3 Å². The van der Waals surface area contributed by atoms with Crippen LogP contribution in [-0.4, -0.2) is 22.6 Å². The van der Waals surface area contributed by atoms with Crippen LogP contribution in [0.1, 0.15) is 45.9 Å². The summed E-state index contributed by atoms with van der Waals surface area (Å²) in [7, 11) is 0. The van der Waals surface area contributed by atoms with Crippen molar-refractivity contribution in [2.75, 3.05) is 17.2 Å². The predicted octanol–water partition coefficient (Wildman–Crippen LogP) is 3.92. The van der Waals surface area contributed by atoms with Crippen LogP contribution in [0.15, 0.2) is 6.07 Å².